The van der Waals surface area contributed by atoms with E-state index >= 15 is 0 Å². The van der Waals surface area contributed by atoms with Gasteiger partial charge in [-0.25, -0.2) is 18.1 Å². The van der Waals surface area contributed by atoms with Gasteiger partial charge in [-0.2, -0.15) is 0 Å². The molecule has 2 aromatic rings. The third-order valence-corrected chi connectivity index (χ3v) is 7.41. The van der Waals surface area contributed by atoms with Gasteiger partial charge in [0, 0.05) is 44.2 Å². The predicted molar refractivity (Wildman–Crippen MR) is 122 cm³/mol. The normalized spacial score (nSPS) is 20.0. The van der Waals surface area contributed by atoms with Crippen LogP contribution in [-0.4, -0.2) is 57.6 Å². The number of hydrogen-bond acceptors (Lipinski definition) is 7. The minimum atomic E-state index is -3.63. The van der Waals surface area contributed by atoms with Crippen LogP contribution in [0.5, 0.6) is 0 Å². The van der Waals surface area contributed by atoms with Crippen molar-refractivity contribution in [1.82, 2.24) is 14.6 Å². The lowest BCUT2D eigenvalue weighted by Crippen LogP contribution is -2.38. The molecule has 2 heterocycles. The van der Waals surface area contributed by atoms with E-state index < -0.39 is 10.0 Å². The average Bonchev–Trinajstić information content (AvgIpc) is 3.14. The molecule has 2 atom stereocenters. The van der Waals surface area contributed by atoms with Crippen LogP contribution in [0.1, 0.15) is 36.3 Å². The highest BCUT2D eigenvalue weighted by Crippen LogP contribution is 2.24. The molecule has 1 saturated heterocycles. The number of methoxy groups -OCH3 is 1. The summed E-state index contributed by atoms with van der Waals surface area (Å²) in [5.41, 5.74) is 1.32. The molecule has 1 fully saturated rings. The zero-order chi connectivity index (χ0) is 22.4. The molecule has 0 bridgehead atoms. The number of ether oxygens (including phenoxy) is 1. The summed E-state index contributed by atoms with van der Waals surface area (Å²) in [6.45, 7) is 7.94. The molecule has 0 radical (unpaired) electrons. The van der Waals surface area contributed by atoms with Crippen LogP contribution in [-0.2, 0) is 21.3 Å². The highest BCUT2D eigenvalue weighted by Gasteiger charge is 2.22. The van der Waals surface area contributed by atoms with Crippen LogP contribution in [0.15, 0.2) is 34.5 Å². The van der Waals surface area contributed by atoms with Crippen molar-refractivity contribution < 1.29 is 17.9 Å². The van der Waals surface area contributed by atoms with E-state index in [-0.39, 0.29) is 24.0 Å². The third kappa shape index (κ3) is 6.81. The molecule has 170 valence electrons. The van der Waals surface area contributed by atoms with Crippen molar-refractivity contribution in [3.05, 3.63) is 40.9 Å². The fourth-order valence-electron chi connectivity index (χ4n) is 3.90. The van der Waals surface area contributed by atoms with E-state index in [2.05, 4.69) is 33.8 Å². The number of nitrogens with zero attached hydrogens (tertiary/aromatic N) is 2. The van der Waals surface area contributed by atoms with Crippen LogP contribution < -0.4 is 10.0 Å². The summed E-state index contributed by atoms with van der Waals surface area (Å²) in [6, 6.07) is 5.81. The number of piperidine rings is 1. The smallest absolute Gasteiger partial charge is 0.257 e. The van der Waals surface area contributed by atoms with Gasteiger partial charge in [-0.05, 0) is 42.5 Å². The van der Waals surface area contributed by atoms with E-state index in [1.165, 1.54) is 49.1 Å². The van der Waals surface area contributed by atoms with Crippen LogP contribution >= 0.6 is 11.3 Å². The number of amides is 1. The second-order valence-electron chi connectivity index (χ2n) is 8.15. The van der Waals surface area contributed by atoms with Crippen LogP contribution in [0, 0.1) is 11.8 Å². The van der Waals surface area contributed by atoms with Crippen molar-refractivity contribution in [3.8, 4) is 0 Å². The molecule has 0 unspecified atom stereocenters. The van der Waals surface area contributed by atoms with E-state index in [9.17, 15) is 13.2 Å². The van der Waals surface area contributed by atoms with E-state index in [0.29, 0.717) is 22.5 Å². The van der Waals surface area contributed by atoms with Crippen molar-refractivity contribution in [1.29, 1.82) is 0 Å². The van der Waals surface area contributed by atoms with Gasteiger partial charge in [0.2, 0.25) is 10.0 Å². The lowest BCUT2D eigenvalue weighted by Gasteiger charge is -2.34. The SMILES string of the molecule is COCCNS(=O)(=O)c1ccc(C(=O)Nc2nc(CN3C[C@@H](C)C[C@H](C)C3)cs2)cc1. The van der Waals surface area contributed by atoms with E-state index in [4.69, 9.17) is 4.74 Å². The predicted octanol–water partition coefficient (Wildman–Crippen LogP) is 2.80. The summed E-state index contributed by atoms with van der Waals surface area (Å²) < 4.78 is 31.7. The summed E-state index contributed by atoms with van der Waals surface area (Å²) in [7, 11) is -2.13. The summed E-state index contributed by atoms with van der Waals surface area (Å²) in [4.78, 5) is 19.6. The second kappa shape index (κ2) is 10.6. The maximum atomic E-state index is 12.5. The Kier molecular flexibility index (Phi) is 8.17. The van der Waals surface area contributed by atoms with Gasteiger partial charge < -0.3 is 4.74 Å². The quantitative estimate of drug-likeness (QED) is 0.551. The molecule has 1 aliphatic rings. The highest BCUT2D eigenvalue weighted by atomic mass is 32.2. The number of thiazole rings is 1. The molecule has 31 heavy (non-hydrogen) atoms. The first-order chi connectivity index (χ1) is 14.8. The lowest BCUT2D eigenvalue weighted by molar-refractivity contribution is 0.102. The highest BCUT2D eigenvalue weighted by molar-refractivity contribution is 7.89. The Bertz CT molecular complexity index is 966. The molecule has 3 rings (SSSR count). The minimum Gasteiger partial charge on any atom is -0.383 e. The first-order valence-electron chi connectivity index (χ1n) is 10.3. The number of carbonyl (C=O) groups is 1. The fraction of sp³-hybridized carbons (Fsp3) is 0.524. The molecule has 1 aromatic heterocycles. The number of benzene rings is 1. The van der Waals surface area contributed by atoms with Crippen molar-refractivity contribution >= 4 is 32.4 Å². The molecule has 10 heteroatoms. The largest absolute Gasteiger partial charge is 0.383 e. The molecule has 1 amide bonds. The number of nitrogens with one attached hydrogen (secondary N) is 2. The van der Waals surface area contributed by atoms with Crippen LogP contribution in [0.3, 0.4) is 0 Å². The Morgan fingerprint density at radius 1 is 1.23 bits per heavy atom. The van der Waals surface area contributed by atoms with E-state index in [1.54, 1.807) is 0 Å². The Morgan fingerprint density at radius 2 is 1.90 bits per heavy atom. The van der Waals surface area contributed by atoms with Crippen molar-refractivity contribution in [2.24, 2.45) is 11.8 Å². The Labute approximate surface area is 188 Å². The van der Waals surface area contributed by atoms with Gasteiger partial charge in [-0.15, -0.1) is 11.3 Å². The lowest BCUT2D eigenvalue weighted by atomic mass is 9.92. The summed E-state index contributed by atoms with van der Waals surface area (Å²) in [5, 5.41) is 5.31. The van der Waals surface area contributed by atoms with Gasteiger partial charge in [0.25, 0.3) is 5.91 Å². The first-order valence-corrected chi connectivity index (χ1v) is 12.7. The maximum absolute atomic E-state index is 12.5. The fourth-order valence-corrected chi connectivity index (χ4v) is 5.61. The monoisotopic (exact) mass is 466 g/mol. The van der Waals surface area contributed by atoms with Crippen molar-refractivity contribution in [2.45, 2.75) is 31.7 Å². The van der Waals surface area contributed by atoms with Gasteiger partial charge in [-0.1, -0.05) is 13.8 Å². The van der Waals surface area contributed by atoms with Crippen LogP contribution in [0.4, 0.5) is 5.13 Å². The van der Waals surface area contributed by atoms with Gasteiger partial charge in [-0.3, -0.25) is 15.0 Å². The molecule has 1 aliphatic heterocycles. The number of sulfonamides is 1. The molecule has 2 N–H and O–H groups in total. The van der Waals surface area contributed by atoms with Crippen molar-refractivity contribution in [3.63, 3.8) is 0 Å². The number of hydrogen-bond donors (Lipinski definition) is 2. The third-order valence-electron chi connectivity index (χ3n) is 5.13. The standard InChI is InChI=1S/C21H30N4O4S2/c1-15-10-16(2)12-25(11-15)13-18-14-30-21(23-18)24-20(26)17-4-6-19(7-5-17)31(27,28)22-8-9-29-3/h4-7,14-16,22H,8-13H2,1-3H3,(H,23,24,26)/t15-,16-/m0/s1. The van der Waals surface area contributed by atoms with Crippen LogP contribution in [0.2, 0.25) is 0 Å². The zero-order valence-corrected chi connectivity index (χ0v) is 19.8. The maximum Gasteiger partial charge on any atom is 0.257 e. The summed E-state index contributed by atoms with van der Waals surface area (Å²) in [6.07, 6.45) is 1.26. The van der Waals surface area contributed by atoms with Gasteiger partial charge >= 0.3 is 0 Å². The molecule has 0 aliphatic carbocycles. The van der Waals surface area contributed by atoms with Gasteiger partial charge in [0.1, 0.15) is 0 Å². The number of rotatable bonds is 9. The minimum absolute atomic E-state index is 0.0988. The molecule has 8 nitrogen and oxygen atoms in total. The average molecular weight is 467 g/mol. The molecule has 1 aromatic carbocycles. The summed E-state index contributed by atoms with van der Waals surface area (Å²) >= 11 is 1.39. The van der Waals surface area contributed by atoms with Crippen LogP contribution in [0.25, 0.3) is 0 Å². The second-order valence-corrected chi connectivity index (χ2v) is 10.8. The zero-order valence-electron chi connectivity index (χ0n) is 18.1. The molecule has 0 saturated carbocycles. The van der Waals surface area contributed by atoms with E-state index in [1.807, 2.05) is 5.38 Å². The number of aromatic nitrogens is 1. The van der Waals surface area contributed by atoms with Gasteiger partial charge in [0.15, 0.2) is 5.13 Å². The first kappa shape index (κ1) is 23.8. The molecular formula is C21H30N4O4S2. The van der Waals surface area contributed by atoms with Gasteiger partial charge in [0.05, 0.1) is 17.2 Å². The number of anilines is 1. The number of carbonyl (C=O) groups excluding carboxylic acids is 1. The van der Waals surface area contributed by atoms with E-state index in [0.717, 1.165) is 25.3 Å². The molecular weight excluding hydrogens is 436 g/mol. The Morgan fingerprint density at radius 3 is 2.55 bits per heavy atom. The summed E-state index contributed by atoms with van der Waals surface area (Å²) in [5.74, 6) is 1.05. The number of likely N-dealkylation sites (tertiary alicyclic amines) is 1. The topological polar surface area (TPSA) is 101 Å². The Balaban J connectivity index is 1.57. The Hall–Kier alpha value is -1.85. The molecule has 0 spiro atoms. The van der Waals surface area contributed by atoms with Crippen molar-refractivity contribution in [2.75, 3.05) is 38.7 Å².